The number of rotatable bonds is 8. The average Bonchev–Trinajstić information content (AvgIpc) is 3.85. The zero-order valence-corrected chi connectivity index (χ0v) is 41.8. The van der Waals surface area contributed by atoms with Gasteiger partial charge in [0.2, 0.25) is 6.29 Å². The molecule has 5 saturated carbocycles. The Bertz CT molecular complexity index is 2800. The van der Waals surface area contributed by atoms with Gasteiger partial charge in [-0.1, -0.05) is 70.5 Å². The lowest BCUT2D eigenvalue weighted by atomic mass is 9.41. The first-order valence-electron chi connectivity index (χ1n) is 26.2. The summed E-state index contributed by atoms with van der Waals surface area (Å²) >= 11 is 0. The number of carbonyl (C=O) groups is 3. The number of aliphatic hydroxyl groups is 7. The highest BCUT2D eigenvalue weighted by molar-refractivity contribution is 8.76. The number of dihydropyridines is 1. The van der Waals surface area contributed by atoms with Crippen molar-refractivity contribution < 1.29 is 59.6 Å². The monoisotopic (exact) mass is 1020 g/mol. The highest BCUT2D eigenvalue weighted by atomic mass is 33.1. The molecule has 3 spiro atoms. The van der Waals surface area contributed by atoms with Crippen LogP contribution in [0.5, 0.6) is 5.75 Å². The third-order valence-corrected chi connectivity index (χ3v) is 23.1. The van der Waals surface area contributed by atoms with Crippen molar-refractivity contribution in [2.24, 2.45) is 57.7 Å². The number of benzene rings is 2. The Morgan fingerprint density at radius 3 is 2.62 bits per heavy atom. The molecule has 9 aliphatic carbocycles. The summed E-state index contributed by atoms with van der Waals surface area (Å²) in [6.45, 7) is -0.495. The van der Waals surface area contributed by atoms with Gasteiger partial charge in [-0.05, 0) is 145 Å². The Kier molecular flexibility index (Phi) is 11.3. The number of allylic oxidation sites excluding steroid dienone is 6. The first kappa shape index (κ1) is 47.7. The van der Waals surface area contributed by atoms with Crippen molar-refractivity contribution in [2.75, 3.05) is 25.6 Å². The molecule has 9 N–H and O–H groups in total. The Labute approximate surface area is 426 Å². The Morgan fingerprint density at radius 2 is 1.82 bits per heavy atom. The first-order valence-corrected chi connectivity index (χ1v) is 28.6. The number of fused-ring (bicyclic) bond motifs is 3. The minimum atomic E-state index is -2.32. The van der Waals surface area contributed by atoms with Gasteiger partial charge in [0.25, 0.3) is 0 Å². The van der Waals surface area contributed by atoms with Crippen LogP contribution >= 0.6 is 21.6 Å². The van der Waals surface area contributed by atoms with Gasteiger partial charge in [-0.2, -0.15) is 0 Å². The van der Waals surface area contributed by atoms with E-state index >= 15 is 9.59 Å². The van der Waals surface area contributed by atoms with Crippen molar-refractivity contribution in [3.8, 4) is 5.75 Å². The fraction of sp³-hybridized carbons (Fsp3) is 0.589. The second-order valence-electron chi connectivity index (χ2n) is 23.1. The molecule has 3 aliphatic heterocycles. The summed E-state index contributed by atoms with van der Waals surface area (Å²) < 4.78 is 13.5. The molecular formula is C56H64N2O12S2. The molecule has 16 atom stereocenters. The van der Waals surface area contributed by atoms with Crippen LogP contribution in [0.25, 0.3) is 0 Å². The first-order chi connectivity index (χ1) is 34.8. The summed E-state index contributed by atoms with van der Waals surface area (Å²) in [6.07, 6.45) is 6.52. The highest BCUT2D eigenvalue weighted by Gasteiger charge is 2.81. The molecule has 0 radical (unpaired) electrons. The molecule has 0 aromatic heterocycles. The van der Waals surface area contributed by atoms with E-state index in [1.165, 1.54) is 45.1 Å². The molecule has 382 valence electrons. The normalized spacial score (nSPS) is 43.1. The predicted molar refractivity (Wildman–Crippen MR) is 267 cm³/mol. The van der Waals surface area contributed by atoms with E-state index in [1.54, 1.807) is 24.3 Å². The maximum atomic E-state index is 16.1. The zero-order valence-electron chi connectivity index (χ0n) is 40.1. The fourth-order valence-electron chi connectivity index (χ4n) is 18.1. The number of aliphatic hydroxyl groups excluding tert-OH is 6. The lowest BCUT2D eigenvalue weighted by molar-refractivity contribution is -0.394. The van der Waals surface area contributed by atoms with Gasteiger partial charge in [0.15, 0.2) is 11.6 Å². The number of carbonyl (C=O) groups excluding carboxylic acids is 3. The van der Waals surface area contributed by atoms with Crippen LogP contribution in [-0.2, 0) is 22.6 Å². The fourth-order valence-corrected chi connectivity index (χ4v) is 21.0. The van der Waals surface area contributed by atoms with Gasteiger partial charge in [0.05, 0.1) is 30.6 Å². The molecule has 3 heterocycles. The van der Waals surface area contributed by atoms with E-state index in [4.69, 9.17) is 9.47 Å². The summed E-state index contributed by atoms with van der Waals surface area (Å²) in [7, 11) is 2.86. The number of hydrogen-bond acceptors (Lipinski definition) is 16. The molecule has 0 unspecified atom stereocenters. The summed E-state index contributed by atoms with van der Waals surface area (Å²) in [5.74, 6) is -2.46. The summed E-state index contributed by atoms with van der Waals surface area (Å²) in [5.41, 5.74) is -1.34. The van der Waals surface area contributed by atoms with Gasteiger partial charge in [-0.3, -0.25) is 9.59 Å². The smallest absolute Gasteiger partial charge is 0.229 e. The third-order valence-electron chi connectivity index (χ3n) is 20.4. The van der Waals surface area contributed by atoms with Crippen LogP contribution in [0.2, 0.25) is 0 Å². The Morgan fingerprint density at radius 1 is 0.986 bits per heavy atom. The Hall–Kier alpha value is -3.97. The SMILES string of the molecule is O=C[C@@H]1CCC[C@@]12C[C@H]1C[C@H]3C[C@@H]4C[C@]5(CO)O[C@H]6Oc7cccc8c7C(=O)[C@@]7(C(O)=CC(Cc9cccc(CO)c9)=C[C@@H]7C8=O)[C@H](CCCO)SSCNC7=C8CC[C@H]2[C@]1(C8=C3CN7)[C@@H]4[C@](O)([C@@H]5O)[C@H]6O. The molecule has 72 heavy (non-hydrogen) atoms. The third kappa shape index (κ3) is 6.10. The molecular weight excluding hydrogens is 957 g/mol. The van der Waals surface area contributed by atoms with E-state index < -0.39 is 75.8 Å². The lowest BCUT2D eigenvalue weighted by Gasteiger charge is -2.68. The molecule has 6 fully saturated rings. The lowest BCUT2D eigenvalue weighted by Crippen LogP contribution is -2.81. The molecule has 16 heteroatoms. The van der Waals surface area contributed by atoms with E-state index in [-0.39, 0.29) is 90.1 Å². The molecule has 14 nitrogen and oxygen atoms in total. The van der Waals surface area contributed by atoms with Gasteiger partial charge in [-0.15, -0.1) is 0 Å². The van der Waals surface area contributed by atoms with Gasteiger partial charge >= 0.3 is 0 Å². The number of aldehydes is 1. The van der Waals surface area contributed by atoms with Crippen LogP contribution in [0.4, 0.5) is 0 Å². The van der Waals surface area contributed by atoms with Gasteiger partial charge in [0, 0.05) is 41.2 Å². The topological polar surface area (TPSA) is 235 Å². The standard InChI is InChI=1S/C56H64N2O12S2/c59-14-4-10-42-55-38(17-30(18-41(55)63)16-28-5-1-6-29(15-28)24-60)45(64)35-8-2-9-39(43(35)47(55)65)69-50-48(66)56(68)46-32(21-53(26-62,70-50)51(56)67)19-31-20-34-22-52(13-3-7-33(52)25-61)40-12-11-36-44(54(34,40)46)37(31)23-57-49(36)58-27-71-72-42/h1-2,5-6,8-9,15,17-18,25,31-34,38,40,42,46,48,50-51,57-60,62-63,66-68H,3-4,7,10-14,16,19-24,26-27H2/t31-,32-,33+,34-,38-,40-,42+,46-,48+,50-,51-,52-,53-,54-,55+,56-/m1/s1. The second kappa shape index (κ2) is 17.0. The number of ether oxygens (including phenoxy) is 2. The van der Waals surface area contributed by atoms with E-state index in [0.29, 0.717) is 36.4 Å². The number of Topliss-reactive ketones (excluding diaryl/α,β-unsaturated/α-hetero) is 2. The van der Waals surface area contributed by atoms with Crippen molar-refractivity contribution >= 4 is 39.4 Å². The van der Waals surface area contributed by atoms with Crippen LogP contribution in [-0.4, -0.2) is 114 Å². The van der Waals surface area contributed by atoms with Crippen molar-refractivity contribution in [3.05, 3.63) is 111 Å². The molecule has 12 aliphatic rings. The molecule has 2 aromatic carbocycles. The van der Waals surface area contributed by atoms with Crippen LogP contribution in [0.3, 0.4) is 0 Å². The van der Waals surface area contributed by atoms with Crippen molar-refractivity contribution in [3.63, 3.8) is 0 Å². The summed E-state index contributed by atoms with van der Waals surface area (Å²) in [5, 5.41) is 91.4. The van der Waals surface area contributed by atoms with Gasteiger partial charge in [0.1, 0.15) is 52.4 Å². The molecule has 2 aromatic rings. The predicted octanol–water partition coefficient (Wildman–Crippen LogP) is 5.36. The zero-order chi connectivity index (χ0) is 49.7. The van der Waals surface area contributed by atoms with Crippen molar-refractivity contribution in [2.45, 2.75) is 119 Å². The van der Waals surface area contributed by atoms with Crippen LogP contribution < -0.4 is 15.4 Å². The quantitative estimate of drug-likeness (QED) is 0.120. The summed E-state index contributed by atoms with van der Waals surface area (Å²) in [6, 6.07) is 12.1. The number of ketones is 2. The van der Waals surface area contributed by atoms with Crippen LogP contribution in [0, 0.1) is 57.7 Å². The van der Waals surface area contributed by atoms with E-state index in [2.05, 4.69) is 10.6 Å². The largest absolute Gasteiger partial charge is 0.511 e. The van der Waals surface area contributed by atoms with Crippen molar-refractivity contribution in [1.82, 2.24) is 10.6 Å². The minimum absolute atomic E-state index is 0.0344. The van der Waals surface area contributed by atoms with Crippen LogP contribution in [0.15, 0.2) is 88.5 Å². The van der Waals surface area contributed by atoms with E-state index in [1.807, 2.05) is 24.3 Å². The molecule has 14 rings (SSSR count). The van der Waals surface area contributed by atoms with E-state index in [0.717, 1.165) is 61.9 Å². The van der Waals surface area contributed by atoms with Gasteiger partial charge < -0.3 is 60.6 Å². The molecule has 11 bridgehead atoms. The maximum Gasteiger partial charge on any atom is 0.229 e. The number of nitrogens with one attached hydrogen (secondary N) is 2. The van der Waals surface area contributed by atoms with E-state index in [9.17, 15) is 40.5 Å². The van der Waals surface area contributed by atoms with Gasteiger partial charge in [-0.25, -0.2) is 0 Å². The average molecular weight is 1020 g/mol. The summed E-state index contributed by atoms with van der Waals surface area (Å²) in [4.78, 5) is 44.7. The highest BCUT2D eigenvalue weighted by Crippen LogP contribution is 2.81. The minimum Gasteiger partial charge on any atom is -0.511 e. The molecule has 0 amide bonds. The van der Waals surface area contributed by atoms with Crippen LogP contribution in [0.1, 0.15) is 102 Å². The molecule has 1 saturated heterocycles. The second-order valence-corrected chi connectivity index (χ2v) is 25.7. The Balaban J connectivity index is 1.00. The maximum absolute atomic E-state index is 16.1. The van der Waals surface area contributed by atoms with Crippen molar-refractivity contribution in [1.29, 1.82) is 0 Å². The number of hydrogen-bond donors (Lipinski definition) is 9.